The minimum Gasteiger partial charge on any atom is -0.378 e. The lowest BCUT2D eigenvalue weighted by atomic mass is 10.1. The Morgan fingerprint density at radius 1 is 1.03 bits per heavy atom. The lowest BCUT2D eigenvalue weighted by Gasteiger charge is -2.35. The third kappa shape index (κ3) is 4.33. The molecular formula is C25H31N5O2. The molecule has 1 aliphatic rings. The zero-order valence-electron chi connectivity index (χ0n) is 19.3. The summed E-state index contributed by atoms with van der Waals surface area (Å²) in [7, 11) is 3.93. The fraction of sp³-hybridized carbons (Fsp3) is 0.400. The largest absolute Gasteiger partial charge is 0.378 e. The summed E-state index contributed by atoms with van der Waals surface area (Å²) in [5.41, 5.74) is 3.32. The van der Waals surface area contributed by atoms with Gasteiger partial charge in [0.05, 0.1) is 11.0 Å². The maximum Gasteiger partial charge on any atom is 0.294 e. The summed E-state index contributed by atoms with van der Waals surface area (Å²) in [6.45, 7) is 7.15. The summed E-state index contributed by atoms with van der Waals surface area (Å²) in [6.07, 6.45) is 0. The van der Waals surface area contributed by atoms with Crippen molar-refractivity contribution in [2.45, 2.75) is 20.4 Å². The lowest BCUT2D eigenvalue weighted by molar-refractivity contribution is 0.0746. The van der Waals surface area contributed by atoms with Crippen LogP contribution < -0.4 is 15.4 Å². The van der Waals surface area contributed by atoms with Gasteiger partial charge in [-0.2, -0.15) is 0 Å². The number of anilines is 2. The molecule has 0 saturated carbocycles. The number of aromatic nitrogens is 2. The number of hydrogen-bond donors (Lipinski definition) is 0. The SMILES string of the molecule is CC(C)Cn1c(=O)c(N2CCN(C(=O)c3cccc(N(C)C)c3)CC2)nc2ccccc21. The molecule has 168 valence electrons. The Morgan fingerprint density at radius 3 is 2.44 bits per heavy atom. The predicted molar refractivity (Wildman–Crippen MR) is 130 cm³/mol. The molecule has 0 aliphatic carbocycles. The number of fused-ring (bicyclic) bond motifs is 1. The van der Waals surface area contributed by atoms with Gasteiger partial charge in [-0.25, -0.2) is 4.98 Å². The topological polar surface area (TPSA) is 61.7 Å². The Balaban J connectivity index is 1.56. The first kappa shape index (κ1) is 21.9. The van der Waals surface area contributed by atoms with E-state index < -0.39 is 0 Å². The number of para-hydroxylation sites is 2. The van der Waals surface area contributed by atoms with E-state index in [-0.39, 0.29) is 11.5 Å². The van der Waals surface area contributed by atoms with Crippen molar-refractivity contribution in [3.8, 4) is 0 Å². The second-order valence-electron chi connectivity index (χ2n) is 8.96. The Bertz CT molecular complexity index is 1180. The van der Waals surface area contributed by atoms with Crippen LogP contribution in [-0.4, -0.2) is 60.6 Å². The third-order valence-electron chi connectivity index (χ3n) is 5.86. The van der Waals surface area contributed by atoms with Gasteiger partial charge in [0.25, 0.3) is 11.5 Å². The van der Waals surface area contributed by atoms with E-state index in [9.17, 15) is 9.59 Å². The molecule has 1 amide bonds. The average Bonchev–Trinajstić information content (AvgIpc) is 2.80. The maximum absolute atomic E-state index is 13.3. The molecule has 0 unspecified atom stereocenters. The molecule has 0 N–H and O–H groups in total. The fourth-order valence-corrected chi connectivity index (χ4v) is 4.15. The minimum absolute atomic E-state index is 0.0250. The van der Waals surface area contributed by atoms with E-state index in [0.717, 1.165) is 16.7 Å². The molecule has 0 atom stereocenters. The van der Waals surface area contributed by atoms with Gasteiger partial charge in [-0.3, -0.25) is 9.59 Å². The van der Waals surface area contributed by atoms with Crippen molar-refractivity contribution in [1.82, 2.24) is 14.5 Å². The quantitative estimate of drug-likeness (QED) is 0.619. The monoisotopic (exact) mass is 433 g/mol. The molecule has 2 heterocycles. The van der Waals surface area contributed by atoms with Gasteiger partial charge in [-0.15, -0.1) is 0 Å². The molecule has 7 heteroatoms. The summed E-state index contributed by atoms with van der Waals surface area (Å²) in [4.78, 5) is 36.9. The summed E-state index contributed by atoms with van der Waals surface area (Å²) in [5, 5.41) is 0. The predicted octanol–water partition coefficient (Wildman–Crippen LogP) is 3.08. The Labute approximate surface area is 188 Å². The number of carbonyl (C=O) groups excluding carboxylic acids is 1. The molecule has 4 rings (SSSR count). The summed E-state index contributed by atoms with van der Waals surface area (Å²) in [6, 6.07) is 15.5. The first-order valence-electron chi connectivity index (χ1n) is 11.2. The highest BCUT2D eigenvalue weighted by Gasteiger charge is 2.25. The van der Waals surface area contributed by atoms with Crippen LogP contribution in [0.1, 0.15) is 24.2 Å². The molecule has 1 aliphatic heterocycles. The van der Waals surface area contributed by atoms with E-state index in [2.05, 4.69) is 13.8 Å². The van der Waals surface area contributed by atoms with Crippen LogP contribution >= 0.6 is 0 Å². The highest BCUT2D eigenvalue weighted by atomic mass is 16.2. The first-order chi connectivity index (χ1) is 15.3. The van der Waals surface area contributed by atoms with Crippen LogP contribution in [0, 0.1) is 5.92 Å². The molecule has 1 saturated heterocycles. The standard InChI is InChI=1S/C25H31N5O2/c1-18(2)17-30-22-11-6-5-10-21(22)26-23(25(30)32)28-12-14-29(15-13-28)24(31)19-8-7-9-20(16-19)27(3)4/h5-11,16,18H,12-15,17H2,1-4H3. The van der Waals surface area contributed by atoms with Gasteiger partial charge >= 0.3 is 0 Å². The van der Waals surface area contributed by atoms with Crippen molar-refractivity contribution < 1.29 is 4.79 Å². The average molecular weight is 434 g/mol. The van der Waals surface area contributed by atoms with Crippen molar-refractivity contribution in [3.63, 3.8) is 0 Å². The highest BCUT2D eigenvalue weighted by molar-refractivity contribution is 5.95. The van der Waals surface area contributed by atoms with Crippen LogP contribution in [0.25, 0.3) is 11.0 Å². The van der Waals surface area contributed by atoms with Crippen LogP contribution in [0.4, 0.5) is 11.5 Å². The van der Waals surface area contributed by atoms with Crippen LogP contribution in [0.5, 0.6) is 0 Å². The zero-order chi connectivity index (χ0) is 22.8. The van der Waals surface area contributed by atoms with Gasteiger partial charge < -0.3 is 19.3 Å². The van der Waals surface area contributed by atoms with Gasteiger partial charge in [0, 0.05) is 58.1 Å². The minimum atomic E-state index is -0.0594. The summed E-state index contributed by atoms with van der Waals surface area (Å²) >= 11 is 0. The van der Waals surface area contributed by atoms with E-state index in [4.69, 9.17) is 4.98 Å². The number of carbonyl (C=O) groups is 1. The molecule has 0 radical (unpaired) electrons. The van der Waals surface area contributed by atoms with E-state index in [1.807, 2.05) is 81.9 Å². The van der Waals surface area contributed by atoms with E-state index in [1.165, 1.54) is 0 Å². The number of amides is 1. The Hall–Kier alpha value is -3.35. The number of piperazine rings is 1. The number of hydrogen-bond acceptors (Lipinski definition) is 5. The molecule has 1 fully saturated rings. The van der Waals surface area contributed by atoms with Crippen molar-refractivity contribution >= 4 is 28.4 Å². The molecule has 3 aromatic rings. The van der Waals surface area contributed by atoms with Crippen LogP contribution in [-0.2, 0) is 6.54 Å². The number of rotatable bonds is 5. The van der Waals surface area contributed by atoms with E-state index >= 15 is 0 Å². The van der Waals surface area contributed by atoms with Crippen molar-refractivity contribution in [2.75, 3.05) is 50.1 Å². The molecule has 32 heavy (non-hydrogen) atoms. The number of nitrogens with zero attached hydrogens (tertiary/aromatic N) is 5. The van der Waals surface area contributed by atoms with Gasteiger partial charge in [-0.1, -0.05) is 32.0 Å². The molecule has 0 bridgehead atoms. The smallest absolute Gasteiger partial charge is 0.294 e. The molecule has 1 aromatic heterocycles. The fourth-order valence-electron chi connectivity index (χ4n) is 4.15. The Kier molecular flexibility index (Phi) is 6.17. The normalized spacial score (nSPS) is 14.3. The molecule has 7 nitrogen and oxygen atoms in total. The van der Waals surface area contributed by atoms with Crippen LogP contribution in [0.3, 0.4) is 0 Å². The molecule has 2 aromatic carbocycles. The highest BCUT2D eigenvalue weighted by Crippen LogP contribution is 2.19. The third-order valence-corrected chi connectivity index (χ3v) is 5.86. The first-order valence-corrected chi connectivity index (χ1v) is 11.2. The van der Waals surface area contributed by atoms with E-state index in [1.54, 1.807) is 0 Å². The van der Waals surface area contributed by atoms with Gasteiger partial charge in [0.1, 0.15) is 0 Å². The second-order valence-corrected chi connectivity index (χ2v) is 8.96. The maximum atomic E-state index is 13.3. The summed E-state index contributed by atoms with van der Waals surface area (Å²) < 4.78 is 1.84. The lowest BCUT2D eigenvalue weighted by Crippen LogP contribution is -2.50. The van der Waals surface area contributed by atoms with Gasteiger partial charge in [-0.05, 0) is 36.2 Å². The van der Waals surface area contributed by atoms with Crippen molar-refractivity contribution in [1.29, 1.82) is 0 Å². The second kappa shape index (κ2) is 9.02. The van der Waals surface area contributed by atoms with Crippen molar-refractivity contribution in [3.05, 3.63) is 64.4 Å². The molecule has 0 spiro atoms. The molecular weight excluding hydrogens is 402 g/mol. The number of benzene rings is 2. The van der Waals surface area contributed by atoms with Crippen LogP contribution in [0.2, 0.25) is 0 Å². The summed E-state index contributed by atoms with van der Waals surface area (Å²) in [5.74, 6) is 0.849. The Morgan fingerprint density at radius 2 is 1.75 bits per heavy atom. The van der Waals surface area contributed by atoms with Crippen LogP contribution in [0.15, 0.2) is 53.3 Å². The zero-order valence-corrected chi connectivity index (χ0v) is 19.3. The van der Waals surface area contributed by atoms with Crippen molar-refractivity contribution in [2.24, 2.45) is 5.92 Å². The van der Waals surface area contributed by atoms with Gasteiger partial charge in [0.2, 0.25) is 0 Å². The van der Waals surface area contributed by atoms with E-state index in [0.29, 0.717) is 50.0 Å². The van der Waals surface area contributed by atoms with Gasteiger partial charge in [0.15, 0.2) is 5.82 Å².